The Morgan fingerprint density at radius 1 is 1.50 bits per heavy atom. The highest BCUT2D eigenvalue weighted by molar-refractivity contribution is 9.10. The van der Waals surface area contributed by atoms with Gasteiger partial charge in [-0.3, -0.25) is 0 Å². The fourth-order valence-electron chi connectivity index (χ4n) is 1.40. The van der Waals surface area contributed by atoms with Crippen LogP contribution in [0.3, 0.4) is 0 Å². The van der Waals surface area contributed by atoms with Gasteiger partial charge in [-0.15, -0.1) is 0 Å². The van der Waals surface area contributed by atoms with Gasteiger partial charge in [-0.05, 0) is 34.5 Å². The van der Waals surface area contributed by atoms with Crippen molar-refractivity contribution in [3.05, 3.63) is 28.2 Å². The van der Waals surface area contributed by atoms with E-state index in [1.165, 1.54) is 6.07 Å². The van der Waals surface area contributed by atoms with E-state index in [0.29, 0.717) is 16.6 Å². The summed E-state index contributed by atoms with van der Waals surface area (Å²) in [6.07, 6.45) is -0.237. The van der Waals surface area contributed by atoms with Crippen LogP contribution in [0.1, 0.15) is 30.1 Å². The van der Waals surface area contributed by atoms with E-state index in [1.54, 1.807) is 12.1 Å². The summed E-state index contributed by atoms with van der Waals surface area (Å²) in [6, 6.07) is 4.75. The average molecular weight is 316 g/mol. The summed E-state index contributed by atoms with van der Waals surface area (Å²) in [5.41, 5.74) is 6.25. The Balaban J connectivity index is 2.87. The fourth-order valence-corrected chi connectivity index (χ4v) is 1.82. The molecule has 0 aliphatic carbocycles. The van der Waals surface area contributed by atoms with E-state index in [4.69, 9.17) is 15.6 Å². The van der Waals surface area contributed by atoms with Gasteiger partial charge in [-0.25, -0.2) is 9.59 Å². The number of benzene rings is 1. The molecular weight excluding hydrogens is 302 g/mol. The van der Waals surface area contributed by atoms with E-state index >= 15 is 0 Å². The Morgan fingerprint density at radius 3 is 2.72 bits per heavy atom. The van der Waals surface area contributed by atoms with E-state index in [9.17, 15) is 9.59 Å². The number of carboxylic acid groups (broad SMARTS) is 1. The summed E-state index contributed by atoms with van der Waals surface area (Å²) in [5, 5.41) is 8.91. The first-order valence-corrected chi connectivity index (χ1v) is 6.24. The number of rotatable bonds is 5. The van der Waals surface area contributed by atoms with Crippen molar-refractivity contribution in [1.29, 1.82) is 0 Å². The minimum Gasteiger partial charge on any atom is -0.479 e. The molecule has 98 valence electrons. The number of halogens is 1. The Bertz CT molecular complexity index is 461. The van der Waals surface area contributed by atoms with Crippen LogP contribution in [-0.4, -0.2) is 23.1 Å². The van der Waals surface area contributed by atoms with Crippen LogP contribution in [0.15, 0.2) is 22.7 Å². The fraction of sp³-hybridized carbons (Fsp3) is 0.333. The molecule has 0 radical (unpaired) electrons. The molecule has 6 heteroatoms. The molecular formula is C12H14BrNO4. The highest BCUT2D eigenvalue weighted by atomic mass is 79.9. The number of aliphatic carboxylic acids is 1. The van der Waals surface area contributed by atoms with Crippen molar-refractivity contribution in [2.45, 2.75) is 25.9 Å². The molecule has 1 unspecified atom stereocenters. The van der Waals surface area contributed by atoms with Gasteiger partial charge < -0.3 is 15.6 Å². The van der Waals surface area contributed by atoms with Crippen molar-refractivity contribution in [3.63, 3.8) is 0 Å². The molecule has 1 atom stereocenters. The van der Waals surface area contributed by atoms with Crippen molar-refractivity contribution in [2.24, 2.45) is 0 Å². The van der Waals surface area contributed by atoms with Gasteiger partial charge in [0.25, 0.3) is 0 Å². The number of ether oxygens (including phenoxy) is 1. The first-order chi connectivity index (χ1) is 8.47. The predicted octanol–water partition coefficient (Wildman–Crippen LogP) is 2.44. The van der Waals surface area contributed by atoms with Gasteiger partial charge in [0.2, 0.25) is 0 Å². The maximum absolute atomic E-state index is 11.8. The second kappa shape index (κ2) is 6.39. The predicted molar refractivity (Wildman–Crippen MR) is 70.3 cm³/mol. The average Bonchev–Trinajstić information content (AvgIpc) is 2.31. The number of carbonyl (C=O) groups is 2. The molecule has 0 saturated carbocycles. The summed E-state index contributed by atoms with van der Waals surface area (Å²) in [4.78, 5) is 22.7. The Hall–Kier alpha value is -1.56. The van der Waals surface area contributed by atoms with Crippen molar-refractivity contribution in [1.82, 2.24) is 0 Å². The van der Waals surface area contributed by atoms with Gasteiger partial charge in [-0.2, -0.15) is 0 Å². The molecule has 0 aromatic heterocycles. The molecule has 1 aromatic carbocycles. The number of hydrogen-bond acceptors (Lipinski definition) is 4. The van der Waals surface area contributed by atoms with Crippen LogP contribution in [0.5, 0.6) is 0 Å². The second-order valence-electron chi connectivity index (χ2n) is 3.73. The molecule has 0 amide bonds. The molecule has 3 N–H and O–H groups in total. The maximum Gasteiger partial charge on any atom is 0.345 e. The first kappa shape index (κ1) is 14.5. The lowest BCUT2D eigenvalue weighted by Gasteiger charge is -2.13. The lowest BCUT2D eigenvalue weighted by molar-refractivity contribution is -0.147. The largest absolute Gasteiger partial charge is 0.479 e. The quantitative estimate of drug-likeness (QED) is 0.643. The molecule has 0 aliphatic heterocycles. The first-order valence-electron chi connectivity index (χ1n) is 5.45. The number of hydrogen-bond donors (Lipinski definition) is 2. The van der Waals surface area contributed by atoms with Gasteiger partial charge >= 0.3 is 11.9 Å². The van der Waals surface area contributed by atoms with E-state index in [2.05, 4.69) is 15.9 Å². The van der Waals surface area contributed by atoms with Gasteiger partial charge in [0.05, 0.1) is 10.0 Å². The number of esters is 1. The van der Waals surface area contributed by atoms with Gasteiger partial charge in [0.1, 0.15) is 0 Å². The van der Waals surface area contributed by atoms with Crippen LogP contribution in [0.25, 0.3) is 0 Å². The van der Waals surface area contributed by atoms with Crippen molar-refractivity contribution in [2.75, 3.05) is 5.73 Å². The number of carboxylic acids is 1. The molecule has 0 spiro atoms. The summed E-state index contributed by atoms with van der Waals surface area (Å²) in [7, 11) is 0. The molecule has 0 bridgehead atoms. The standard InChI is InChI=1S/C12H14BrNO4/c1-2-4-9(11(15)16)18-12(17)7-5-3-6-8(14)10(7)13/h3,5-6,9H,2,4,14H2,1H3,(H,15,16). The number of carbonyl (C=O) groups excluding carboxylic acids is 1. The van der Waals surface area contributed by atoms with Crippen molar-refractivity contribution < 1.29 is 19.4 Å². The number of nitrogen functional groups attached to an aromatic ring is 1. The van der Waals surface area contributed by atoms with Crippen LogP contribution in [-0.2, 0) is 9.53 Å². The monoisotopic (exact) mass is 315 g/mol. The molecule has 5 nitrogen and oxygen atoms in total. The van der Waals surface area contributed by atoms with Gasteiger partial charge in [-0.1, -0.05) is 19.4 Å². The SMILES string of the molecule is CCCC(OC(=O)c1cccc(N)c1Br)C(=O)O. The Labute approximate surface area is 113 Å². The highest BCUT2D eigenvalue weighted by Crippen LogP contribution is 2.24. The third-order valence-electron chi connectivity index (χ3n) is 2.32. The lowest BCUT2D eigenvalue weighted by atomic mass is 10.2. The molecule has 0 heterocycles. The molecule has 0 aliphatic rings. The van der Waals surface area contributed by atoms with E-state index in [1.807, 2.05) is 6.92 Å². The number of nitrogens with two attached hydrogens (primary N) is 1. The molecule has 1 rings (SSSR count). The zero-order valence-corrected chi connectivity index (χ0v) is 11.4. The third kappa shape index (κ3) is 3.46. The van der Waals surface area contributed by atoms with Crippen LogP contribution in [0.4, 0.5) is 5.69 Å². The van der Waals surface area contributed by atoms with Crippen LogP contribution < -0.4 is 5.73 Å². The number of anilines is 1. The van der Waals surface area contributed by atoms with Crippen LogP contribution in [0.2, 0.25) is 0 Å². The third-order valence-corrected chi connectivity index (χ3v) is 3.21. The van der Waals surface area contributed by atoms with Crippen LogP contribution in [0, 0.1) is 0 Å². The molecule has 0 fully saturated rings. The summed E-state index contributed by atoms with van der Waals surface area (Å²) < 4.78 is 5.36. The zero-order valence-electron chi connectivity index (χ0n) is 9.85. The van der Waals surface area contributed by atoms with Crippen molar-refractivity contribution in [3.8, 4) is 0 Å². The van der Waals surface area contributed by atoms with Gasteiger partial charge in [0.15, 0.2) is 6.10 Å². The van der Waals surface area contributed by atoms with Gasteiger partial charge in [0, 0.05) is 5.69 Å². The van der Waals surface area contributed by atoms with E-state index in [-0.39, 0.29) is 12.0 Å². The highest BCUT2D eigenvalue weighted by Gasteiger charge is 2.23. The topological polar surface area (TPSA) is 89.6 Å². The summed E-state index contributed by atoms with van der Waals surface area (Å²) in [6.45, 7) is 1.82. The van der Waals surface area contributed by atoms with Crippen molar-refractivity contribution >= 4 is 33.6 Å². The Kier molecular flexibility index (Phi) is 5.15. The lowest BCUT2D eigenvalue weighted by Crippen LogP contribution is -2.27. The Morgan fingerprint density at radius 2 is 2.17 bits per heavy atom. The summed E-state index contributed by atoms with van der Waals surface area (Å²) >= 11 is 3.17. The smallest absolute Gasteiger partial charge is 0.345 e. The maximum atomic E-state index is 11.8. The second-order valence-corrected chi connectivity index (χ2v) is 4.52. The van der Waals surface area contributed by atoms with E-state index in [0.717, 1.165) is 0 Å². The molecule has 18 heavy (non-hydrogen) atoms. The minimum absolute atomic E-state index is 0.220. The normalized spacial score (nSPS) is 11.9. The minimum atomic E-state index is -1.15. The molecule has 1 aromatic rings. The zero-order chi connectivity index (χ0) is 13.7. The van der Waals surface area contributed by atoms with E-state index < -0.39 is 18.0 Å². The molecule has 0 saturated heterocycles. The summed E-state index contributed by atoms with van der Waals surface area (Å²) in [5.74, 6) is -1.85. The van der Waals surface area contributed by atoms with Crippen LogP contribution >= 0.6 is 15.9 Å².